The molecule has 0 spiro atoms. The van der Waals surface area contributed by atoms with E-state index in [1.54, 1.807) is 36.8 Å². The average molecular weight is 1600 g/mol. The average Bonchev–Trinajstić information content (AvgIpc) is 1.62. The van der Waals surface area contributed by atoms with Crippen LogP contribution < -0.4 is 0 Å². The first-order chi connectivity index (χ1) is 56.8. The molecule has 0 aliphatic carbocycles. The molecule has 116 heavy (non-hydrogen) atoms. The Morgan fingerprint density at radius 3 is 1.14 bits per heavy atom. The Morgan fingerprint density at radius 1 is 0.362 bits per heavy atom. The number of ether oxygens (including phenoxy) is 20. The Morgan fingerprint density at radius 2 is 0.724 bits per heavy atom. The van der Waals surface area contributed by atoms with Gasteiger partial charge in [-0.3, -0.25) is 0 Å². The molecule has 2 aromatic carbocycles. The fourth-order valence-electron chi connectivity index (χ4n) is 14.8. The minimum absolute atomic E-state index is 0.109. The zero-order valence-corrected chi connectivity index (χ0v) is 65.4. The highest BCUT2D eigenvalue weighted by Gasteiger charge is 2.55. The summed E-state index contributed by atoms with van der Waals surface area (Å²) in [6.45, 7) is 49.2. The van der Waals surface area contributed by atoms with Crippen molar-refractivity contribution in [2.75, 3.05) is 119 Å². The number of benzene rings is 2. The van der Waals surface area contributed by atoms with Crippen molar-refractivity contribution in [3.8, 4) is 30.3 Å². The quantitative estimate of drug-likeness (QED) is 0.0310. The molecule has 0 bridgehead atoms. The van der Waals surface area contributed by atoms with Crippen LogP contribution in [0.25, 0.3) is 24.2 Å². The second-order valence-electron chi connectivity index (χ2n) is 28.9. The molecule has 0 amide bonds. The molecular formula is C84H100N10O22. The maximum absolute atomic E-state index is 9.22. The van der Waals surface area contributed by atoms with Crippen LogP contribution in [-0.2, 0) is 94.7 Å². The van der Waals surface area contributed by atoms with Gasteiger partial charge in [-0.2, -0.15) is 26.3 Å². The molecule has 32 nitrogen and oxygen atoms in total. The molecule has 12 heterocycles. The lowest BCUT2D eigenvalue weighted by Gasteiger charge is -2.23. The van der Waals surface area contributed by atoms with Crippen molar-refractivity contribution in [2.24, 2.45) is 5.92 Å². The summed E-state index contributed by atoms with van der Waals surface area (Å²) in [7, 11) is 0. The molecule has 618 valence electrons. The molecule has 10 saturated heterocycles. The summed E-state index contributed by atoms with van der Waals surface area (Å²) < 4.78 is 127. The molecule has 0 radical (unpaired) electrons. The molecule has 14 rings (SSSR count). The second kappa shape index (κ2) is 47.5. The number of fused-ring (bicyclic) bond motifs is 5. The van der Waals surface area contributed by atoms with Crippen LogP contribution in [0.15, 0.2) is 106 Å². The number of hydrogen-bond acceptors (Lipinski definition) is 27. The normalized spacial score (nSPS) is 31.2. The Labute approximate surface area is 677 Å². The molecule has 10 aliphatic rings. The summed E-state index contributed by atoms with van der Waals surface area (Å²) in [6, 6.07) is 37.1. The van der Waals surface area contributed by atoms with Crippen LogP contribution in [0.3, 0.4) is 0 Å². The van der Waals surface area contributed by atoms with Gasteiger partial charge in [0.15, 0.2) is 12.2 Å². The van der Waals surface area contributed by atoms with E-state index < -0.39 is 12.2 Å². The van der Waals surface area contributed by atoms with E-state index in [1.165, 1.54) is 0 Å². The molecule has 10 aliphatic heterocycles. The van der Waals surface area contributed by atoms with E-state index in [4.69, 9.17) is 157 Å². The van der Waals surface area contributed by atoms with E-state index in [2.05, 4.69) is 48.5 Å². The zero-order valence-electron chi connectivity index (χ0n) is 65.4. The zero-order chi connectivity index (χ0) is 82.0. The fourth-order valence-corrected chi connectivity index (χ4v) is 14.8. The third-order valence-electron chi connectivity index (χ3n) is 20.5. The van der Waals surface area contributed by atoms with Crippen LogP contribution >= 0.6 is 0 Å². The Balaban J connectivity index is 0.000000155. The van der Waals surface area contributed by atoms with Crippen LogP contribution in [0.2, 0.25) is 0 Å². The predicted octanol–water partition coefficient (Wildman–Crippen LogP) is 9.50. The standard InChI is InChI=1S/C24H24N2O4.C20H20N2O6.2C14H20N2O4.C12H16N2O4/c1-26-14-20(18-10-6-3-7-11-18)30-22-16-28-23-21(15-27-24(22)23)29-19(12-13-25)17-8-4-2-5-9-17;1-22-10-16(14-5-3-9-24-14)28-18-12-26-19-17(11-25-20(18)19)27-15(6-7-21)13-4-2-8-23-13;1-9(4-15)5-17-11-7-19-14-12(8-20-13(11)14)18-6-10(2)16-3;1-9(4-5-15)19-11-7-17-14-12(8-18-13(11)14)20-10(2)6-16-3;1-14-4-6-16-10-8-18-11-9(7-17-12(10)11)15-5-2-3-13/h2-11,19-24H,12,14-16H2;2-5,8-9,15-20H,6,10-12H2;9-14H,5-8H2,1-2H3;9-14H,4,6-8H2,1-2H3;9-12H,2,4-8H2/t19?,20?,21-,22-,23?,24?;15?,16?,17-,18-,19?,20?;2*9?,10?,11-,12-,13?,14?;9-,10-,11?,12?/m11111/s1. The molecule has 0 N–H and O–H groups in total. The lowest BCUT2D eigenvalue weighted by Crippen LogP contribution is -2.36. The first-order valence-corrected chi connectivity index (χ1v) is 39.1. The van der Waals surface area contributed by atoms with Gasteiger partial charge >= 0.3 is 0 Å². The van der Waals surface area contributed by atoms with Crippen molar-refractivity contribution < 1.29 is 104 Å². The summed E-state index contributed by atoms with van der Waals surface area (Å²) >= 11 is 0. The van der Waals surface area contributed by atoms with E-state index in [0.717, 1.165) is 11.1 Å². The van der Waals surface area contributed by atoms with Crippen molar-refractivity contribution in [1.82, 2.24) is 0 Å². The van der Waals surface area contributed by atoms with E-state index in [9.17, 15) is 5.26 Å². The molecule has 2 aromatic heterocycles. The molecule has 0 saturated carbocycles. The Bertz CT molecular complexity index is 3760. The molecular weight excluding hydrogens is 1500 g/mol. The summed E-state index contributed by atoms with van der Waals surface area (Å²) in [5.74, 6) is 1.07. The van der Waals surface area contributed by atoms with Crippen molar-refractivity contribution in [2.45, 2.75) is 218 Å². The van der Waals surface area contributed by atoms with E-state index in [-0.39, 0.29) is 184 Å². The lowest BCUT2D eigenvalue weighted by atomic mass is 10.1. The second-order valence-corrected chi connectivity index (χ2v) is 28.9. The van der Waals surface area contributed by atoms with Gasteiger partial charge in [0.25, 0.3) is 0 Å². The molecule has 18 unspecified atom stereocenters. The largest absolute Gasteiger partial charge is 0.467 e. The van der Waals surface area contributed by atoms with Crippen LogP contribution in [0, 0.1) is 95.4 Å². The minimum atomic E-state index is -0.478. The number of furan rings is 2. The first kappa shape index (κ1) is 89.4. The summed E-state index contributed by atoms with van der Waals surface area (Å²) in [5, 5.41) is 44.2. The van der Waals surface area contributed by atoms with Gasteiger partial charge in [-0.1, -0.05) is 60.7 Å². The molecule has 4 aromatic rings. The first-order valence-electron chi connectivity index (χ1n) is 39.1. The number of nitriles is 5. The highest BCUT2D eigenvalue weighted by molar-refractivity contribution is 5.21. The summed E-state index contributed by atoms with van der Waals surface area (Å²) in [6.07, 6.45) is -1.38. The number of hydrogen-bond donors (Lipinski definition) is 0. The highest BCUT2D eigenvalue weighted by atomic mass is 16.7. The van der Waals surface area contributed by atoms with Gasteiger partial charge in [-0.15, -0.1) is 0 Å². The van der Waals surface area contributed by atoms with Gasteiger partial charge in [0.2, 0.25) is 32.2 Å². The van der Waals surface area contributed by atoms with E-state index in [1.807, 2.05) is 94.4 Å². The SMILES string of the molecule is [C-]#[N+]C(C)CO[C@@H]1COC2C1OC[C@H]2OCC(C)C#N.[C-]#[N+]CC(C)O[C@@H]1COC2C1OC[C@H]2OC(C)CC#N.[C-]#[N+]CC(O[C@@H]1COC2C1OC[C@H]2OC(CC#N)c1ccccc1)c1ccccc1.[C-]#[N+]CC(O[C@@H]1COC2C1OC[C@H]2OC(CC#N)c1ccco1)c1ccco1.[C-]#[N+]CCO[C@@H]1COC2C1OC[C@H]2OCCC#N. The van der Waals surface area contributed by atoms with Crippen molar-refractivity contribution in [3.63, 3.8) is 0 Å². The third-order valence-corrected chi connectivity index (χ3v) is 20.5. The number of rotatable bonds is 34. The molecule has 32 heteroatoms. The van der Waals surface area contributed by atoms with Gasteiger partial charge in [-0.25, -0.2) is 32.9 Å². The van der Waals surface area contributed by atoms with Gasteiger partial charge in [0.05, 0.1) is 166 Å². The minimum Gasteiger partial charge on any atom is -0.467 e. The monoisotopic (exact) mass is 1600 g/mol. The van der Waals surface area contributed by atoms with Crippen LogP contribution in [0.4, 0.5) is 0 Å². The summed E-state index contributed by atoms with van der Waals surface area (Å²) in [5.41, 5.74) is 1.94. The maximum atomic E-state index is 9.22. The van der Waals surface area contributed by atoms with Crippen molar-refractivity contribution >= 4 is 0 Å². The topological polar surface area (TPSA) is 352 Å². The van der Waals surface area contributed by atoms with E-state index >= 15 is 0 Å². The Hall–Kier alpha value is -8.90. The maximum Gasteiger partial charge on any atom is 0.247 e. The van der Waals surface area contributed by atoms with Gasteiger partial charge < -0.3 is 128 Å². The third kappa shape index (κ3) is 25.1. The van der Waals surface area contributed by atoms with Crippen LogP contribution in [-0.4, -0.2) is 259 Å². The van der Waals surface area contributed by atoms with Gasteiger partial charge in [0.1, 0.15) is 159 Å². The smallest absolute Gasteiger partial charge is 0.247 e. The van der Waals surface area contributed by atoms with Crippen LogP contribution in [0.1, 0.15) is 100 Å². The fraction of sp³-hybridized carbons (Fsp3) is 0.643. The van der Waals surface area contributed by atoms with Crippen molar-refractivity contribution in [3.05, 3.63) is 177 Å². The predicted molar refractivity (Wildman–Crippen MR) is 403 cm³/mol. The summed E-state index contributed by atoms with van der Waals surface area (Å²) in [4.78, 5) is 16.9. The highest BCUT2D eigenvalue weighted by Crippen LogP contribution is 2.40. The van der Waals surface area contributed by atoms with E-state index in [0.29, 0.717) is 130 Å². The van der Waals surface area contributed by atoms with Crippen LogP contribution in [0.5, 0.6) is 0 Å². The van der Waals surface area contributed by atoms with Gasteiger partial charge in [-0.05, 0) is 56.2 Å². The lowest BCUT2D eigenvalue weighted by molar-refractivity contribution is -0.0906. The Kier molecular flexibility index (Phi) is 36.6. The number of nitrogens with zero attached hydrogens (tertiary/aromatic N) is 10. The molecule has 10 fully saturated rings. The molecule has 28 atom stereocenters. The van der Waals surface area contributed by atoms with Gasteiger partial charge in [0, 0.05) is 6.92 Å². The van der Waals surface area contributed by atoms with Crippen molar-refractivity contribution in [1.29, 1.82) is 26.3 Å².